The summed E-state index contributed by atoms with van der Waals surface area (Å²) in [7, 11) is 0. The number of aliphatic carboxylic acids is 1. The maximum atomic E-state index is 13.1. The molecule has 10 heteroatoms. The number of carbonyl (C=O) groups excluding carboxylic acids is 2. The van der Waals surface area contributed by atoms with Gasteiger partial charge in [0, 0.05) is 18.0 Å². The van der Waals surface area contributed by atoms with E-state index < -0.39 is 36.4 Å². The van der Waals surface area contributed by atoms with Gasteiger partial charge in [0.2, 0.25) is 5.91 Å². The number of aromatic nitrogens is 2. The van der Waals surface area contributed by atoms with Crippen LogP contribution in [-0.2, 0) is 9.59 Å². The molecule has 0 spiro atoms. The summed E-state index contributed by atoms with van der Waals surface area (Å²) in [6.45, 7) is -2.38. The van der Waals surface area contributed by atoms with Crippen LogP contribution in [0.1, 0.15) is 25.1 Å². The topological polar surface area (TPSA) is 95.3 Å². The third-order valence-electron chi connectivity index (χ3n) is 4.04. The number of amides is 1. The van der Waals surface area contributed by atoms with Gasteiger partial charge >= 0.3 is 25.4 Å². The van der Waals surface area contributed by atoms with Crippen molar-refractivity contribution in [3.63, 3.8) is 0 Å². The van der Waals surface area contributed by atoms with Gasteiger partial charge in [-0.1, -0.05) is 6.07 Å². The summed E-state index contributed by atoms with van der Waals surface area (Å²) in [5, 5.41) is 11.1. The number of hydrogen-bond donors (Lipinski definition) is 0. The first kappa shape index (κ1) is 19.8. The fourth-order valence-electron chi connectivity index (χ4n) is 2.91. The maximum absolute atomic E-state index is 13.1. The normalized spacial score (nSPS) is 15.8. The standard InChI is InChI=1S/C16H13F2N3O4.Li/c1-8-13-9(3-2-5-19-13)12-10(21(14(8)24)7-11(22)23)4-6-20(15(12)25)16(17)18;/h2-6,8,16H,7H2,1H3,(H,22,23);/q;+1/p-1. The van der Waals surface area contributed by atoms with Crippen molar-refractivity contribution in [2.45, 2.75) is 19.4 Å². The molecule has 1 unspecified atom stereocenters. The Morgan fingerprint density at radius 1 is 1.35 bits per heavy atom. The van der Waals surface area contributed by atoms with E-state index in [9.17, 15) is 28.3 Å². The summed E-state index contributed by atoms with van der Waals surface area (Å²) >= 11 is 0. The van der Waals surface area contributed by atoms with E-state index in [1.807, 2.05) is 0 Å². The molecule has 3 heterocycles. The molecule has 0 aromatic carbocycles. The Hall–Kier alpha value is -2.50. The van der Waals surface area contributed by atoms with Gasteiger partial charge in [-0.3, -0.25) is 19.1 Å². The molecule has 0 aliphatic carbocycles. The van der Waals surface area contributed by atoms with Crippen molar-refractivity contribution in [2.24, 2.45) is 0 Å². The van der Waals surface area contributed by atoms with Gasteiger partial charge in [0.15, 0.2) is 0 Å². The first-order valence-electron chi connectivity index (χ1n) is 7.32. The predicted octanol–water partition coefficient (Wildman–Crippen LogP) is -2.49. The number of alkyl halides is 2. The van der Waals surface area contributed by atoms with Crippen LogP contribution >= 0.6 is 0 Å². The first-order chi connectivity index (χ1) is 11.8. The Bertz CT molecular complexity index is 932. The Morgan fingerprint density at radius 3 is 2.65 bits per heavy atom. The van der Waals surface area contributed by atoms with Crippen molar-refractivity contribution in [3.8, 4) is 11.1 Å². The number of halogens is 2. The number of carbonyl (C=O) groups is 2. The second-order valence-electron chi connectivity index (χ2n) is 5.52. The van der Waals surface area contributed by atoms with Crippen LogP contribution < -0.4 is 34.4 Å². The van der Waals surface area contributed by atoms with Crippen molar-refractivity contribution < 1.29 is 42.3 Å². The molecule has 3 rings (SSSR count). The van der Waals surface area contributed by atoms with E-state index in [0.29, 0.717) is 0 Å². The number of pyridine rings is 2. The predicted molar refractivity (Wildman–Crippen MR) is 81.0 cm³/mol. The average Bonchev–Trinajstić information content (AvgIpc) is 2.65. The number of carboxylic acids is 1. The van der Waals surface area contributed by atoms with Crippen LogP contribution in [0.3, 0.4) is 0 Å². The molecule has 2 aromatic heterocycles. The van der Waals surface area contributed by atoms with Crippen LogP contribution in [0, 0.1) is 0 Å². The van der Waals surface area contributed by atoms with Gasteiger partial charge in [-0.15, -0.1) is 0 Å². The van der Waals surface area contributed by atoms with Gasteiger partial charge < -0.3 is 14.8 Å². The summed E-state index contributed by atoms with van der Waals surface area (Å²) < 4.78 is 26.4. The van der Waals surface area contributed by atoms with Crippen LogP contribution in [-0.4, -0.2) is 28.0 Å². The molecule has 1 aliphatic heterocycles. The minimum atomic E-state index is -3.08. The summed E-state index contributed by atoms with van der Waals surface area (Å²) in [6.07, 6.45) is 2.23. The number of carboxylic acid groups (broad SMARTS) is 1. The third kappa shape index (κ3) is 3.16. The molecule has 0 N–H and O–H groups in total. The second kappa shape index (κ2) is 7.39. The Balaban J connectivity index is 0.00000243. The number of rotatable bonds is 3. The van der Waals surface area contributed by atoms with Crippen LogP contribution in [0.4, 0.5) is 14.5 Å². The van der Waals surface area contributed by atoms with Crippen LogP contribution in [0.15, 0.2) is 35.4 Å². The van der Waals surface area contributed by atoms with E-state index in [2.05, 4.69) is 4.98 Å². The van der Waals surface area contributed by atoms with E-state index in [1.165, 1.54) is 25.3 Å². The molecule has 0 saturated carbocycles. The monoisotopic (exact) mass is 355 g/mol. The maximum Gasteiger partial charge on any atom is 1.00 e. The minimum Gasteiger partial charge on any atom is -0.548 e. The van der Waals surface area contributed by atoms with Crippen molar-refractivity contribution in [2.75, 3.05) is 11.4 Å². The summed E-state index contributed by atoms with van der Waals surface area (Å²) in [5.74, 6) is -3.01. The second-order valence-corrected chi connectivity index (χ2v) is 5.52. The molecule has 0 fully saturated rings. The van der Waals surface area contributed by atoms with Gasteiger partial charge in [0.05, 0.1) is 35.4 Å². The quantitative estimate of drug-likeness (QED) is 0.568. The number of anilines is 1. The zero-order valence-electron chi connectivity index (χ0n) is 14.0. The van der Waals surface area contributed by atoms with Gasteiger partial charge in [0.1, 0.15) is 0 Å². The zero-order chi connectivity index (χ0) is 18.3. The summed E-state index contributed by atoms with van der Waals surface area (Å²) in [4.78, 5) is 41.2. The molecule has 2 aromatic rings. The number of nitrogens with zero attached hydrogens (tertiary/aromatic N) is 3. The molecular weight excluding hydrogens is 343 g/mol. The minimum absolute atomic E-state index is 0. The third-order valence-corrected chi connectivity index (χ3v) is 4.04. The summed E-state index contributed by atoms with van der Waals surface area (Å²) in [5.41, 5.74) is -0.843. The molecule has 0 saturated heterocycles. The van der Waals surface area contributed by atoms with E-state index in [0.717, 1.165) is 17.2 Å². The molecule has 1 aliphatic rings. The molecule has 0 radical (unpaired) electrons. The molecule has 130 valence electrons. The largest absolute Gasteiger partial charge is 1.00 e. The van der Waals surface area contributed by atoms with E-state index in [4.69, 9.17) is 0 Å². The SMILES string of the molecule is CC1C(=O)N(CC(=O)[O-])c2ccn(C(F)F)c(=O)c2-c2cccnc21.[Li+]. The van der Waals surface area contributed by atoms with Crippen molar-refractivity contribution >= 4 is 17.6 Å². The van der Waals surface area contributed by atoms with Crippen LogP contribution in [0.2, 0.25) is 0 Å². The van der Waals surface area contributed by atoms with E-state index >= 15 is 0 Å². The Kier molecular flexibility index (Phi) is 5.64. The number of hydrogen-bond acceptors (Lipinski definition) is 5. The Labute approximate surface area is 158 Å². The molecule has 1 atom stereocenters. The average molecular weight is 355 g/mol. The molecule has 7 nitrogen and oxygen atoms in total. The first-order valence-corrected chi connectivity index (χ1v) is 7.32. The smallest absolute Gasteiger partial charge is 0.548 e. The molecule has 1 amide bonds. The van der Waals surface area contributed by atoms with Crippen molar-refractivity contribution in [1.29, 1.82) is 0 Å². The molecule has 26 heavy (non-hydrogen) atoms. The van der Waals surface area contributed by atoms with Crippen molar-refractivity contribution in [3.05, 3.63) is 46.6 Å². The van der Waals surface area contributed by atoms with Crippen LogP contribution in [0.5, 0.6) is 0 Å². The zero-order valence-corrected chi connectivity index (χ0v) is 14.0. The molecule has 0 bridgehead atoms. The van der Waals surface area contributed by atoms with E-state index in [1.54, 1.807) is 0 Å². The molecular formula is C16H12F2LiN3O4. The van der Waals surface area contributed by atoms with Crippen molar-refractivity contribution in [1.82, 2.24) is 9.55 Å². The Morgan fingerprint density at radius 2 is 2.04 bits per heavy atom. The fraction of sp³-hybridized carbons (Fsp3) is 0.250. The fourth-order valence-corrected chi connectivity index (χ4v) is 2.91. The summed E-state index contributed by atoms with van der Waals surface area (Å²) in [6, 6.07) is 4.12. The van der Waals surface area contributed by atoms with Gasteiger partial charge in [-0.2, -0.15) is 8.78 Å². The van der Waals surface area contributed by atoms with Crippen LogP contribution in [0.25, 0.3) is 11.1 Å². The number of fused-ring (bicyclic) bond motifs is 3. The van der Waals surface area contributed by atoms with Gasteiger partial charge in [-0.05, 0) is 19.1 Å². The van der Waals surface area contributed by atoms with E-state index in [-0.39, 0.29) is 45.9 Å². The van der Waals surface area contributed by atoms with Gasteiger partial charge in [-0.25, -0.2) is 0 Å². The van der Waals surface area contributed by atoms with Gasteiger partial charge in [0.25, 0.3) is 5.56 Å².